The maximum atomic E-state index is 12.4. The summed E-state index contributed by atoms with van der Waals surface area (Å²) < 4.78 is 11.1. The Balaban J connectivity index is 1.56. The van der Waals surface area contributed by atoms with Crippen LogP contribution in [0.15, 0.2) is 54.6 Å². The molecule has 0 spiro atoms. The van der Waals surface area contributed by atoms with Gasteiger partial charge in [-0.1, -0.05) is 36.4 Å². The van der Waals surface area contributed by atoms with Crippen molar-refractivity contribution in [1.29, 1.82) is 0 Å². The van der Waals surface area contributed by atoms with Crippen molar-refractivity contribution in [2.24, 2.45) is 5.41 Å². The van der Waals surface area contributed by atoms with Gasteiger partial charge in [0, 0.05) is 36.4 Å². The zero-order valence-electron chi connectivity index (χ0n) is 15.3. The Labute approximate surface area is 159 Å². The Morgan fingerprint density at radius 2 is 1.78 bits per heavy atom. The summed E-state index contributed by atoms with van der Waals surface area (Å²) in [7, 11) is 0. The molecule has 0 atom stereocenters. The lowest BCUT2D eigenvalue weighted by Gasteiger charge is -2.35. The van der Waals surface area contributed by atoms with Crippen LogP contribution in [0.3, 0.4) is 0 Å². The maximum absolute atomic E-state index is 12.4. The smallest absolute Gasteiger partial charge is 0.319 e. The first-order valence-corrected chi connectivity index (χ1v) is 9.20. The SMILES string of the molecule is O=C(NCC1(CO)CCOCC1)Nc1ccccc1COc1ccccc1. The molecule has 0 bridgehead atoms. The summed E-state index contributed by atoms with van der Waals surface area (Å²) in [6.07, 6.45) is 1.48. The number of amides is 2. The molecule has 0 unspecified atom stereocenters. The number of hydrogen-bond acceptors (Lipinski definition) is 4. The van der Waals surface area contributed by atoms with E-state index < -0.39 is 0 Å². The highest BCUT2D eigenvalue weighted by molar-refractivity contribution is 5.90. The van der Waals surface area contributed by atoms with E-state index in [9.17, 15) is 9.90 Å². The lowest BCUT2D eigenvalue weighted by molar-refractivity contribution is -0.0136. The van der Waals surface area contributed by atoms with Gasteiger partial charge in [0.25, 0.3) is 0 Å². The van der Waals surface area contributed by atoms with E-state index in [0.717, 1.165) is 24.2 Å². The molecule has 2 amide bonds. The summed E-state index contributed by atoms with van der Waals surface area (Å²) in [5, 5.41) is 15.5. The van der Waals surface area contributed by atoms with E-state index in [0.29, 0.717) is 32.1 Å². The number of carbonyl (C=O) groups excluding carboxylic acids is 1. The Morgan fingerprint density at radius 3 is 2.52 bits per heavy atom. The number of anilines is 1. The van der Waals surface area contributed by atoms with Gasteiger partial charge in [0.1, 0.15) is 12.4 Å². The van der Waals surface area contributed by atoms with Crippen molar-refractivity contribution in [2.45, 2.75) is 19.4 Å². The van der Waals surface area contributed by atoms with Gasteiger partial charge in [-0.25, -0.2) is 4.79 Å². The molecule has 1 saturated heterocycles. The van der Waals surface area contributed by atoms with Crippen LogP contribution in [0, 0.1) is 5.41 Å². The average Bonchev–Trinajstić information content (AvgIpc) is 2.73. The van der Waals surface area contributed by atoms with E-state index in [-0.39, 0.29) is 18.1 Å². The number of rotatable bonds is 7. The van der Waals surface area contributed by atoms with Crippen LogP contribution in [0.25, 0.3) is 0 Å². The third-order valence-corrected chi connectivity index (χ3v) is 4.92. The van der Waals surface area contributed by atoms with Crippen LogP contribution in [0.4, 0.5) is 10.5 Å². The van der Waals surface area contributed by atoms with Crippen molar-refractivity contribution in [3.63, 3.8) is 0 Å². The second kappa shape index (κ2) is 9.39. The number of ether oxygens (including phenoxy) is 2. The van der Waals surface area contributed by atoms with Crippen LogP contribution in [0.5, 0.6) is 5.75 Å². The van der Waals surface area contributed by atoms with Crippen molar-refractivity contribution in [1.82, 2.24) is 5.32 Å². The van der Waals surface area contributed by atoms with Crippen molar-refractivity contribution >= 4 is 11.7 Å². The minimum atomic E-state index is -0.300. The van der Waals surface area contributed by atoms with Gasteiger partial charge in [0.05, 0.1) is 6.61 Å². The van der Waals surface area contributed by atoms with Gasteiger partial charge >= 0.3 is 6.03 Å². The highest BCUT2D eigenvalue weighted by atomic mass is 16.5. The first kappa shape index (κ1) is 19.2. The van der Waals surface area contributed by atoms with Crippen molar-refractivity contribution in [3.8, 4) is 5.75 Å². The zero-order valence-corrected chi connectivity index (χ0v) is 15.3. The van der Waals surface area contributed by atoms with Gasteiger partial charge in [-0.15, -0.1) is 0 Å². The zero-order chi connectivity index (χ0) is 19.0. The predicted octanol–water partition coefficient (Wildman–Crippen LogP) is 3.18. The molecule has 1 aliphatic rings. The number of benzene rings is 2. The Kier molecular flexibility index (Phi) is 6.68. The van der Waals surface area contributed by atoms with E-state index in [1.165, 1.54) is 0 Å². The standard InChI is InChI=1S/C21H26N2O4/c24-16-21(10-12-26-13-11-21)15-22-20(25)23-19-9-5-4-6-17(19)14-27-18-7-2-1-3-8-18/h1-9,24H,10-16H2,(H2,22,23,25). The number of aliphatic hydroxyl groups is 1. The van der Waals surface area contributed by atoms with Crippen molar-refractivity contribution in [2.75, 3.05) is 31.7 Å². The highest BCUT2D eigenvalue weighted by Gasteiger charge is 2.32. The van der Waals surface area contributed by atoms with Crippen molar-refractivity contribution in [3.05, 3.63) is 60.2 Å². The number of hydrogen-bond donors (Lipinski definition) is 3. The lowest BCUT2D eigenvalue weighted by atomic mass is 9.81. The second-order valence-corrected chi connectivity index (χ2v) is 6.84. The molecule has 2 aromatic carbocycles. The first-order valence-electron chi connectivity index (χ1n) is 9.20. The molecule has 6 nitrogen and oxygen atoms in total. The summed E-state index contributed by atoms with van der Waals surface area (Å²) in [4.78, 5) is 12.4. The third-order valence-electron chi connectivity index (χ3n) is 4.92. The monoisotopic (exact) mass is 370 g/mol. The molecule has 6 heteroatoms. The normalized spacial score (nSPS) is 15.7. The van der Waals surface area contributed by atoms with Crippen LogP contribution in [0.2, 0.25) is 0 Å². The van der Waals surface area contributed by atoms with E-state index >= 15 is 0 Å². The summed E-state index contributed by atoms with van der Waals surface area (Å²) >= 11 is 0. The van der Waals surface area contributed by atoms with Crippen LogP contribution < -0.4 is 15.4 Å². The quantitative estimate of drug-likeness (QED) is 0.699. The predicted molar refractivity (Wildman–Crippen MR) is 104 cm³/mol. The van der Waals surface area contributed by atoms with E-state index in [1.54, 1.807) is 0 Å². The van der Waals surface area contributed by atoms with Gasteiger partial charge < -0.3 is 25.2 Å². The number of aliphatic hydroxyl groups excluding tert-OH is 1. The summed E-state index contributed by atoms with van der Waals surface area (Å²) in [5.74, 6) is 0.779. The van der Waals surface area contributed by atoms with E-state index in [4.69, 9.17) is 9.47 Å². The van der Waals surface area contributed by atoms with Gasteiger partial charge in [-0.2, -0.15) is 0 Å². The van der Waals surface area contributed by atoms with Gasteiger partial charge in [0.2, 0.25) is 0 Å². The second-order valence-electron chi connectivity index (χ2n) is 6.84. The van der Waals surface area contributed by atoms with Crippen LogP contribution in [-0.2, 0) is 11.3 Å². The molecule has 3 rings (SSSR count). The first-order chi connectivity index (χ1) is 13.2. The molecule has 144 valence electrons. The fourth-order valence-corrected chi connectivity index (χ4v) is 3.08. The van der Waals surface area contributed by atoms with E-state index in [2.05, 4.69) is 10.6 Å². The number of para-hydroxylation sites is 2. The minimum Gasteiger partial charge on any atom is -0.489 e. The number of nitrogens with one attached hydrogen (secondary N) is 2. The molecule has 3 N–H and O–H groups in total. The van der Waals surface area contributed by atoms with Gasteiger partial charge in [-0.05, 0) is 31.0 Å². The summed E-state index contributed by atoms with van der Waals surface area (Å²) in [6, 6.07) is 16.8. The van der Waals surface area contributed by atoms with Gasteiger partial charge in [-0.3, -0.25) is 0 Å². The van der Waals surface area contributed by atoms with E-state index in [1.807, 2.05) is 54.6 Å². The lowest BCUT2D eigenvalue weighted by Crippen LogP contribution is -2.44. The molecule has 0 aromatic heterocycles. The molecule has 1 fully saturated rings. The topological polar surface area (TPSA) is 79.8 Å². The fourth-order valence-electron chi connectivity index (χ4n) is 3.08. The molecular weight excluding hydrogens is 344 g/mol. The Bertz CT molecular complexity index is 730. The number of carbonyl (C=O) groups is 1. The molecule has 1 heterocycles. The molecule has 0 radical (unpaired) electrons. The molecule has 27 heavy (non-hydrogen) atoms. The van der Waals surface area contributed by atoms with Crippen LogP contribution in [0.1, 0.15) is 18.4 Å². The average molecular weight is 370 g/mol. The Morgan fingerprint density at radius 1 is 1.07 bits per heavy atom. The van der Waals surface area contributed by atoms with Crippen molar-refractivity contribution < 1.29 is 19.4 Å². The van der Waals surface area contributed by atoms with Gasteiger partial charge in [0.15, 0.2) is 0 Å². The molecule has 1 aliphatic heterocycles. The summed E-state index contributed by atoms with van der Waals surface area (Å²) in [6.45, 7) is 2.05. The fraction of sp³-hybridized carbons (Fsp3) is 0.381. The Hall–Kier alpha value is -2.57. The largest absolute Gasteiger partial charge is 0.489 e. The molecular formula is C21H26N2O4. The minimum absolute atomic E-state index is 0.0398. The summed E-state index contributed by atoms with van der Waals surface area (Å²) in [5.41, 5.74) is 1.29. The highest BCUT2D eigenvalue weighted by Crippen LogP contribution is 2.29. The van der Waals surface area contributed by atoms with Crippen LogP contribution in [-0.4, -0.2) is 37.5 Å². The molecule has 0 aliphatic carbocycles. The molecule has 2 aromatic rings. The number of urea groups is 1. The third kappa shape index (κ3) is 5.45. The maximum Gasteiger partial charge on any atom is 0.319 e. The van der Waals surface area contributed by atoms with Crippen LogP contribution >= 0.6 is 0 Å². The molecule has 0 saturated carbocycles.